The van der Waals surface area contributed by atoms with Crippen LogP contribution in [0.25, 0.3) is 0 Å². The minimum atomic E-state index is -0.0624. The summed E-state index contributed by atoms with van der Waals surface area (Å²) in [7, 11) is 0. The number of nitrogens with one attached hydrogen (secondary N) is 1. The van der Waals surface area contributed by atoms with E-state index >= 15 is 0 Å². The molecule has 1 N–H and O–H groups in total. The molecule has 1 atom stereocenters. The first-order chi connectivity index (χ1) is 12.2. The zero-order chi connectivity index (χ0) is 17.0. The van der Waals surface area contributed by atoms with E-state index in [0.717, 1.165) is 17.2 Å². The molecule has 2 aromatic rings. The van der Waals surface area contributed by atoms with Gasteiger partial charge in [0.15, 0.2) is 5.82 Å². The smallest absolute Gasteiger partial charge is 0.229 e. The lowest BCUT2D eigenvalue weighted by atomic mass is 10.1. The largest absolute Gasteiger partial charge is 0.362 e. The standard InChI is InChI=1S/C19H23N5O/c1-12-10-23(16-5-3-2-4-15(16)20-19(12)25)11-17-21-22-18(13-6-7-13)24(17)14-8-9-14/h2-5,12-14H,6-11H2,1H3,(H,20,25)/t12-/m0/s1. The first-order valence-corrected chi connectivity index (χ1v) is 9.29. The minimum Gasteiger partial charge on any atom is -0.362 e. The van der Waals surface area contributed by atoms with Gasteiger partial charge in [-0.3, -0.25) is 4.79 Å². The molecule has 25 heavy (non-hydrogen) atoms. The van der Waals surface area contributed by atoms with Gasteiger partial charge in [0.05, 0.1) is 23.8 Å². The summed E-state index contributed by atoms with van der Waals surface area (Å²) in [5, 5.41) is 12.1. The molecule has 0 spiro atoms. The molecule has 1 amide bonds. The van der Waals surface area contributed by atoms with E-state index in [0.29, 0.717) is 25.0 Å². The van der Waals surface area contributed by atoms with Crippen LogP contribution in [0.5, 0.6) is 0 Å². The van der Waals surface area contributed by atoms with Crippen molar-refractivity contribution in [2.24, 2.45) is 5.92 Å². The lowest BCUT2D eigenvalue weighted by Gasteiger charge is -2.25. The van der Waals surface area contributed by atoms with Gasteiger partial charge in [-0.2, -0.15) is 0 Å². The molecule has 5 rings (SSSR count). The Bertz CT molecular complexity index is 821. The third kappa shape index (κ3) is 2.69. The van der Waals surface area contributed by atoms with Crippen molar-refractivity contribution in [2.75, 3.05) is 16.8 Å². The number of anilines is 2. The maximum Gasteiger partial charge on any atom is 0.229 e. The SMILES string of the molecule is C[C@H]1CN(Cc2nnc(C3CC3)n2C2CC2)c2ccccc2NC1=O. The van der Waals surface area contributed by atoms with Crippen molar-refractivity contribution in [3.05, 3.63) is 35.9 Å². The first-order valence-electron chi connectivity index (χ1n) is 9.29. The number of rotatable bonds is 4. The summed E-state index contributed by atoms with van der Waals surface area (Å²) < 4.78 is 2.39. The van der Waals surface area contributed by atoms with Gasteiger partial charge in [-0.1, -0.05) is 19.1 Å². The zero-order valence-corrected chi connectivity index (χ0v) is 14.5. The van der Waals surface area contributed by atoms with Crippen molar-refractivity contribution in [1.82, 2.24) is 14.8 Å². The maximum atomic E-state index is 12.3. The fourth-order valence-electron chi connectivity index (χ4n) is 3.74. The molecule has 6 nitrogen and oxygen atoms in total. The van der Waals surface area contributed by atoms with E-state index in [1.54, 1.807) is 0 Å². The van der Waals surface area contributed by atoms with E-state index in [9.17, 15) is 4.79 Å². The molecule has 0 radical (unpaired) electrons. The predicted molar refractivity (Wildman–Crippen MR) is 95.6 cm³/mol. The summed E-state index contributed by atoms with van der Waals surface area (Å²) in [6.45, 7) is 3.38. The monoisotopic (exact) mass is 337 g/mol. The molecule has 1 aliphatic heterocycles. The number of aromatic nitrogens is 3. The molecular formula is C19H23N5O. The van der Waals surface area contributed by atoms with Gasteiger partial charge >= 0.3 is 0 Å². The van der Waals surface area contributed by atoms with Gasteiger partial charge in [-0.25, -0.2) is 0 Å². The molecule has 1 aromatic carbocycles. The Balaban J connectivity index is 1.50. The molecule has 6 heteroatoms. The Kier molecular flexibility index (Phi) is 3.33. The minimum absolute atomic E-state index is 0.0624. The summed E-state index contributed by atoms with van der Waals surface area (Å²) in [6, 6.07) is 8.62. The lowest BCUT2D eigenvalue weighted by molar-refractivity contribution is -0.119. The van der Waals surface area contributed by atoms with Crippen molar-refractivity contribution >= 4 is 17.3 Å². The molecule has 0 bridgehead atoms. The summed E-state index contributed by atoms with van der Waals surface area (Å²) >= 11 is 0. The van der Waals surface area contributed by atoms with Crippen LogP contribution in [0.2, 0.25) is 0 Å². The highest BCUT2D eigenvalue weighted by atomic mass is 16.1. The number of hydrogen-bond donors (Lipinski definition) is 1. The number of carbonyl (C=O) groups is 1. The number of fused-ring (bicyclic) bond motifs is 1. The Hall–Kier alpha value is -2.37. The fraction of sp³-hybridized carbons (Fsp3) is 0.526. The second-order valence-electron chi connectivity index (χ2n) is 7.64. The van der Waals surface area contributed by atoms with Gasteiger partial charge in [-0.05, 0) is 37.8 Å². The summed E-state index contributed by atoms with van der Waals surface area (Å²) in [5.74, 6) is 2.86. The Morgan fingerprint density at radius 1 is 1.16 bits per heavy atom. The zero-order valence-electron chi connectivity index (χ0n) is 14.5. The molecule has 2 aliphatic carbocycles. The van der Waals surface area contributed by atoms with Crippen LogP contribution in [0, 0.1) is 5.92 Å². The summed E-state index contributed by atoms with van der Waals surface area (Å²) in [5.41, 5.74) is 1.95. The average molecular weight is 337 g/mol. The van der Waals surface area contributed by atoms with Crippen molar-refractivity contribution < 1.29 is 4.79 Å². The van der Waals surface area contributed by atoms with E-state index in [2.05, 4.69) is 31.0 Å². The van der Waals surface area contributed by atoms with Crippen LogP contribution in [0.4, 0.5) is 11.4 Å². The van der Waals surface area contributed by atoms with Crippen molar-refractivity contribution in [3.8, 4) is 0 Å². The Morgan fingerprint density at radius 2 is 1.96 bits per heavy atom. The third-order valence-corrected chi connectivity index (χ3v) is 5.42. The van der Waals surface area contributed by atoms with Gasteiger partial charge in [0.2, 0.25) is 5.91 Å². The number of amides is 1. The van der Waals surface area contributed by atoms with Crippen LogP contribution in [-0.4, -0.2) is 27.2 Å². The second-order valence-corrected chi connectivity index (χ2v) is 7.64. The predicted octanol–water partition coefficient (Wildman–Crippen LogP) is 3.09. The topological polar surface area (TPSA) is 63.1 Å². The molecule has 3 aliphatic rings. The van der Waals surface area contributed by atoms with Crippen molar-refractivity contribution in [1.29, 1.82) is 0 Å². The first kappa shape index (κ1) is 14.9. The summed E-state index contributed by atoms with van der Waals surface area (Å²) in [6.07, 6.45) is 4.95. The van der Waals surface area contributed by atoms with Crippen LogP contribution >= 0.6 is 0 Å². The van der Waals surface area contributed by atoms with Crippen LogP contribution in [-0.2, 0) is 11.3 Å². The highest BCUT2D eigenvalue weighted by Crippen LogP contribution is 2.45. The lowest BCUT2D eigenvalue weighted by Crippen LogP contribution is -2.31. The third-order valence-electron chi connectivity index (χ3n) is 5.42. The number of para-hydroxylation sites is 2. The quantitative estimate of drug-likeness (QED) is 0.931. The van der Waals surface area contributed by atoms with Crippen LogP contribution < -0.4 is 10.2 Å². The molecule has 2 fully saturated rings. The molecule has 0 saturated heterocycles. The van der Waals surface area contributed by atoms with Gasteiger partial charge in [0, 0.05) is 18.5 Å². The second kappa shape index (κ2) is 5.58. The van der Waals surface area contributed by atoms with Gasteiger partial charge in [0.1, 0.15) is 5.82 Å². The van der Waals surface area contributed by atoms with E-state index in [1.165, 1.54) is 31.5 Å². The molecule has 0 unspecified atom stereocenters. The number of benzene rings is 1. The summed E-state index contributed by atoms with van der Waals surface area (Å²) in [4.78, 5) is 14.6. The van der Waals surface area contributed by atoms with E-state index in [4.69, 9.17) is 0 Å². The van der Waals surface area contributed by atoms with Crippen LogP contribution in [0.3, 0.4) is 0 Å². The highest BCUT2D eigenvalue weighted by Gasteiger charge is 2.37. The van der Waals surface area contributed by atoms with Crippen molar-refractivity contribution in [2.45, 2.75) is 51.1 Å². The maximum absolute atomic E-state index is 12.3. The number of nitrogens with zero attached hydrogens (tertiary/aromatic N) is 4. The van der Waals surface area contributed by atoms with Crippen LogP contribution in [0.15, 0.2) is 24.3 Å². The van der Waals surface area contributed by atoms with Gasteiger partial charge < -0.3 is 14.8 Å². The van der Waals surface area contributed by atoms with Gasteiger partial charge in [0.25, 0.3) is 0 Å². The molecule has 130 valence electrons. The normalized spacial score (nSPS) is 23.2. The van der Waals surface area contributed by atoms with Crippen LogP contribution in [0.1, 0.15) is 56.2 Å². The molecule has 2 heterocycles. The Morgan fingerprint density at radius 3 is 2.72 bits per heavy atom. The number of carbonyl (C=O) groups excluding carboxylic acids is 1. The Labute approximate surface area is 147 Å². The van der Waals surface area contributed by atoms with E-state index in [1.807, 2.05) is 25.1 Å². The van der Waals surface area contributed by atoms with Gasteiger partial charge in [-0.15, -0.1) is 10.2 Å². The van der Waals surface area contributed by atoms with E-state index < -0.39 is 0 Å². The molecule has 1 aromatic heterocycles. The van der Waals surface area contributed by atoms with Crippen molar-refractivity contribution in [3.63, 3.8) is 0 Å². The average Bonchev–Trinajstić information content (AvgIpc) is 3.52. The molecular weight excluding hydrogens is 314 g/mol. The molecule has 2 saturated carbocycles. The number of hydrogen-bond acceptors (Lipinski definition) is 4. The highest BCUT2D eigenvalue weighted by molar-refractivity contribution is 5.97. The van der Waals surface area contributed by atoms with E-state index in [-0.39, 0.29) is 11.8 Å². The fourth-order valence-corrected chi connectivity index (χ4v) is 3.74.